The summed E-state index contributed by atoms with van der Waals surface area (Å²) in [7, 11) is 0. The van der Waals surface area contributed by atoms with Crippen LogP contribution in [-0.2, 0) is 4.79 Å². The van der Waals surface area contributed by atoms with Gasteiger partial charge in [0.25, 0.3) is 5.91 Å². The average molecular weight is 271 g/mol. The molecule has 1 N–H and O–H groups in total. The summed E-state index contributed by atoms with van der Waals surface area (Å²) in [6.07, 6.45) is -0.500. The molecule has 1 atom stereocenters. The molecule has 2 aromatic carbocycles. The fourth-order valence-corrected chi connectivity index (χ4v) is 1.99. The van der Waals surface area contributed by atoms with Gasteiger partial charge in [0.05, 0.1) is 0 Å². The van der Waals surface area contributed by atoms with Crippen LogP contribution in [0.5, 0.6) is 5.75 Å². The quantitative estimate of drug-likeness (QED) is 0.905. The van der Waals surface area contributed by atoms with Gasteiger partial charge in [-0.1, -0.05) is 50.2 Å². The molecule has 0 aliphatic heterocycles. The van der Waals surface area contributed by atoms with Crippen LogP contribution in [0.1, 0.15) is 20.8 Å². The molecule has 106 valence electrons. The third-order valence-corrected chi connectivity index (χ3v) is 3.11. The minimum absolute atomic E-state index is 0.0772. The molecule has 20 heavy (non-hydrogen) atoms. The maximum atomic E-state index is 12.0. The maximum absolute atomic E-state index is 12.0. The molecule has 3 nitrogen and oxygen atoms in total. The van der Waals surface area contributed by atoms with Crippen LogP contribution >= 0.6 is 0 Å². The van der Waals surface area contributed by atoms with Crippen LogP contribution < -0.4 is 10.1 Å². The van der Waals surface area contributed by atoms with E-state index in [1.54, 1.807) is 6.92 Å². The summed E-state index contributed by atoms with van der Waals surface area (Å²) >= 11 is 0. The van der Waals surface area contributed by atoms with Crippen molar-refractivity contribution >= 4 is 16.7 Å². The number of carbonyl (C=O) groups is 1. The van der Waals surface area contributed by atoms with Gasteiger partial charge in [0.15, 0.2) is 6.10 Å². The molecule has 0 aliphatic rings. The first kappa shape index (κ1) is 14.4. The Labute approximate surface area is 119 Å². The minimum Gasteiger partial charge on any atom is -0.480 e. The molecule has 0 aliphatic carbocycles. The summed E-state index contributed by atoms with van der Waals surface area (Å²) < 4.78 is 5.81. The summed E-state index contributed by atoms with van der Waals surface area (Å²) in [5.74, 6) is 1.10. The number of rotatable bonds is 5. The van der Waals surface area contributed by atoms with E-state index in [4.69, 9.17) is 4.74 Å². The Bertz CT molecular complexity index is 587. The first-order valence-corrected chi connectivity index (χ1v) is 7.00. The van der Waals surface area contributed by atoms with Gasteiger partial charge in [0, 0.05) is 11.9 Å². The van der Waals surface area contributed by atoms with Gasteiger partial charge in [-0.2, -0.15) is 0 Å². The van der Waals surface area contributed by atoms with Crippen LogP contribution in [0.3, 0.4) is 0 Å². The second-order valence-corrected chi connectivity index (χ2v) is 5.38. The SMILES string of the molecule is CC(C)CNC(=O)[C@@H](C)Oc1cccc2ccccc12. The van der Waals surface area contributed by atoms with Crippen LogP contribution in [0, 0.1) is 5.92 Å². The van der Waals surface area contributed by atoms with Crippen molar-refractivity contribution in [2.24, 2.45) is 5.92 Å². The lowest BCUT2D eigenvalue weighted by molar-refractivity contribution is -0.127. The topological polar surface area (TPSA) is 38.3 Å². The lowest BCUT2D eigenvalue weighted by Gasteiger charge is -2.17. The number of amides is 1. The molecule has 0 spiro atoms. The molecular weight excluding hydrogens is 250 g/mol. The molecule has 2 rings (SSSR count). The number of hydrogen-bond acceptors (Lipinski definition) is 2. The fourth-order valence-electron chi connectivity index (χ4n) is 1.99. The molecule has 2 aromatic rings. The highest BCUT2D eigenvalue weighted by Crippen LogP contribution is 2.25. The van der Waals surface area contributed by atoms with E-state index < -0.39 is 6.10 Å². The van der Waals surface area contributed by atoms with Gasteiger partial charge in [-0.15, -0.1) is 0 Å². The van der Waals surface area contributed by atoms with Crippen molar-refractivity contribution in [2.75, 3.05) is 6.54 Å². The molecule has 0 bridgehead atoms. The number of fused-ring (bicyclic) bond motifs is 1. The molecule has 0 aromatic heterocycles. The average Bonchev–Trinajstić information content (AvgIpc) is 2.45. The van der Waals surface area contributed by atoms with E-state index in [9.17, 15) is 4.79 Å². The zero-order chi connectivity index (χ0) is 14.5. The third kappa shape index (κ3) is 3.50. The molecule has 1 amide bonds. The second-order valence-electron chi connectivity index (χ2n) is 5.38. The summed E-state index contributed by atoms with van der Waals surface area (Å²) in [5.41, 5.74) is 0. The van der Waals surface area contributed by atoms with Gasteiger partial charge < -0.3 is 10.1 Å². The highest BCUT2D eigenvalue weighted by Gasteiger charge is 2.15. The highest BCUT2D eigenvalue weighted by atomic mass is 16.5. The maximum Gasteiger partial charge on any atom is 0.260 e. The van der Waals surface area contributed by atoms with Gasteiger partial charge in [0.1, 0.15) is 5.75 Å². The van der Waals surface area contributed by atoms with Crippen LogP contribution in [0.25, 0.3) is 10.8 Å². The molecular formula is C17H21NO2. The van der Waals surface area contributed by atoms with Crippen LogP contribution in [0.4, 0.5) is 0 Å². The third-order valence-electron chi connectivity index (χ3n) is 3.11. The number of nitrogens with one attached hydrogen (secondary N) is 1. The molecule has 0 saturated carbocycles. The van der Waals surface area contributed by atoms with Crippen molar-refractivity contribution < 1.29 is 9.53 Å². The Morgan fingerprint density at radius 2 is 1.80 bits per heavy atom. The Morgan fingerprint density at radius 1 is 1.10 bits per heavy atom. The lowest BCUT2D eigenvalue weighted by Crippen LogP contribution is -2.38. The van der Waals surface area contributed by atoms with Gasteiger partial charge >= 0.3 is 0 Å². The van der Waals surface area contributed by atoms with Crippen LogP contribution in [-0.4, -0.2) is 18.6 Å². The van der Waals surface area contributed by atoms with Gasteiger partial charge in [-0.05, 0) is 24.3 Å². The number of benzene rings is 2. The van der Waals surface area contributed by atoms with Crippen molar-refractivity contribution in [3.8, 4) is 5.75 Å². The van der Waals surface area contributed by atoms with Crippen molar-refractivity contribution in [3.63, 3.8) is 0 Å². The van der Waals surface area contributed by atoms with Crippen molar-refractivity contribution in [1.29, 1.82) is 0 Å². The monoisotopic (exact) mass is 271 g/mol. The van der Waals surface area contributed by atoms with Crippen molar-refractivity contribution in [1.82, 2.24) is 5.32 Å². The van der Waals surface area contributed by atoms with Gasteiger partial charge in [0.2, 0.25) is 0 Å². The fraction of sp³-hybridized carbons (Fsp3) is 0.353. The summed E-state index contributed by atoms with van der Waals surface area (Å²) in [6, 6.07) is 13.9. The molecule has 0 saturated heterocycles. The largest absolute Gasteiger partial charge is 0.480 e. The van der Waals surface area contributed by atoms with E-state index in [1.165, 1.54) is 0 Å². The van der Waals surface area contributed by atoms with E-state index in [0.717, 1.165) is 16.5 Å². The van der Waals surface area contributed by atoms with Gasteiger partial charge in [-0.3, -0.25) is 4.79 Å². The predicted octanol–water partition coefficient (Wildman–Crippen LogP) is 3.38. The summed E-state index contributed by atoms with van der Waals surface area (Å²) in [4.78, 5) is 12.0. The van der Waals surface area contributed by atoms with Crippen LogP contribution in [0.2, 0.25) is 0 Å². The zero-order valence-electron chi connectivity index (χ0n) is 12.2. The smallest absolute Gasteiger partial charge is 0.260 e. The van der Waals surface area contributed by atoms with E-state index in [-0.39, 0.29) is 5.91 Å². The normalized spacial score (nSPS) is 12.4. The second kappa shape index (κ2) is 6.42. The number of carbonyl (C=O) groups excluding carboxylic acids is 1. The lowest BCUT2D eigenvalue weighted by atomic mass is 10.1. The van der Waals surface area contributed by atoms with E-state index in [1.807, 2.05) is 42.5 Å². The Kier molecular flexibility index (Phi) is 4.61. The molecule has 0 fully saturated rings. The Balaban J connectivity index is 2.10. The summed E-state index contributed by atoms with van der Waals surface area (Å²) in [6.45, 7) is 6.58. The number of hydrogen-bond donors (Lipinski definition) is 1. The van der Waals surface area contributed by atoms with Crippen molar-refractivity contribution in [3.05, 3.63) is 42.5 Å². The Morgan fingerprint density at radius 3 is 2.55 bits per heavy atom. The van der Waals surface area contributed by atoms with E-state index in [2.05, 4.69) is 19.2 Å². The first-order valence-electron chi connectivity index (χ1n) is 7.00. The van der Waals surface area contributed by atoms with Gasteiger partial charge in [-0.25, -0.2) is 0 Å². The predicted molar refractivity (Wildman–Crippen MR) is 81.9 cm³/mol. The standard InChI is InChI=1S/C17H21NO2/c1-12(2)11-18-17(19)13(3)20-16-10-6-8-14-7-4-5-9-15(14)16/h4-10,12-13H,11H2,1-3H3,(H,18,19)/t13-/m1/s1. The number of ether oxygens (including phenoxy) is 1. The Hall–Kier alpha value is -2.03. The van der Waals surface area contributed by atoms with Crippen LogP contribution in [0.15, 0.2) is 42.5 Å². The van der Waals surface area contributed by atoms with E-state index >= 15 is 0 Å². The van der Waals surface area contributed by atoms with E-state index in [0.29, 0.717) is 12.5 Å². The molecule has 0 radical (unpaired) electrons. The molecule has 0 unspecified atom stereocenters. The molecule has 3 heteroatoms. The molecule has 0 heterocycles. The highest BCUT2D eigenvalue weighted by molar-refractivity contribution is 5.89. The van der Waals surface area contributed by atoms with Crippen molar-refractivity contribution in [2.45, 2.75) is 26.9 Å². The minimum atomic E-state index is -0.500. The first-order chi connectivity index (χ1) is 9.58. The zero-order valence-corrected chi connectivity index (χ0v) is 12.2. The summed E-state index contributed by atoms with van der Waals surface area (Å²) in [5, 5.41) is 5.02.